The van der Waals surface area contributed by atoms with Gasteiger partial charge in [-0.05, 0) is 0 Å². The summed E-state index contributed by atoms with van der Waals surface area (Å²) in [6.07, 6.45) is 1.19. The van der Waals surface area contributed by atoms with Crippen LogP contribution in [0.15, 0.2) is 0 Å². The summed E-state index contributed by atoms with van der Waals surface area (Å²) in [5, 5.41) is 0. The molecule has 0 rings (SSSR count). The molecular formula is C14H30LiN. The van der Waals surface area contributed by atoms with Gasteiger partial charge in [0.1, 0.15) is 0 Å². The Hall–Kier alpha value is 0.557. The molecular weight excluding hydrogens is 189 g/mol. The maximum absolute atomic E-state index is 2.68. The molecule has 0 aliphatic heterocycles. The van der Waals surface area contributed by atoms with Gasteiger partial charge in [-0.15, -0.1) is 0 Å². The molecule has 0 saturated heterocycles. The van der Waals surface area contributed by atoms with Crippen molar-refractivity contribution >= 4 is 17.7 Å². The summed E-state index contributed by atoms with van der Waals surface area (Å²) in [5.41, 5.74) is 0.450. The molecule has 16 heavy (non-hydrogen) atoms. The van der Waals surface area contributed by atoms with Crippen LogP contribution in [-0.4, -0.2) is 39.7 Å². The Morgan fingerprint density at radius 2 is 1.38 bits per heavy atom. The molecule has 0 aromatic heterocycles. The third-order valence-corrected chi connectivity index (χ3v) is 4.47. The third-order valence-electron chi connectivity index (χ3n) is 4.47. The Morgan fingerprint density at radius 3 is 1.56 bits per heavy atom. The van der Waals surface area contributed by atoms with Crippen LogP contribution in [0.25, 0.3) is 0 Å². The van der Waals surface area contributed by atoms with E-state index in [0.29, 0.717) is 6.04 Å². The van der Waals surface area contributed by atoms with Crippen molar-refractivity contribution in [1.29, 1.82) is 0 Å². The summed E-state index contributed by atoms with van der Waals surface area (Å²) in [6, 6.07) is 0.573. The fourth-order valence-corrected chi connectivity index (χ4v) is 2.63. The normalized spacial score (nSPS) is 15.1. The molecule has 0 unspecified atom stereocenters. The van der Waals surface area contributed by atoms with Gasteiger partial charge in [0, 0.05) is 0 Å². The Morgan fingerprint density at radius 1 is 1.00 bits per heavy atom. The van der Waals surface area contributed by atoms with E-state index in [9.17, 15) is 0 Å². The SMILES string of the molecule is [Li][C](C)(C)C(C)(C)N(C(C)C)C(C)(C)CC. The van der Waals surface area contributed by atoms with Crippen LogP contribution in [0.2, 0.25) is 4.09 Å². The van der Waals surface area contributed by atoms with Crippen LogP contribution < -0.4 is 0 Å². The zero-order valence-electron chi connectivity index (χ0n) is 13.2. The molecule has 0 spiro atoms. The van der Waals surface area contributed by atoms with Crippen LogP contribution in [-0.2, 0) is 0 Å². The van der Waals surface area contributed by atoms with Gasteiger partial charge in [0.2, 0.25) is 0 Å². The first-order chi connectivity index (χ1) is 6.88. The number of nitrogens with zero attached hydrogens (tertiary/aromatic N) is 1. The molecule has 0 aliphatic rings. The molecule has 0 heterocycles. The molecule has 2 heteroatoms. The first kappa shape index (κ1) is 16.6. The number of rotatable bonds is 5. The van der Waals surface area contributed by atoms with Gasteiger partial charge in [-0.25, -0.2) is 0 Å². The molecule has 0 radical (unpaired) electrons. The van der Waals surface area contributed by atoms with E-state index in [-0.39, 0.29) is 15.2 Å². The van der Waals surface area contributed by atoms with Gasteiger partial charge in [0.15, 0.2) is 0 Å². The van der Waals surface area contributed by atoms with Gasteiger partial charge >= 0.3 is 113 Å². The Labute approximate surface area is 113 Å². The summed E-state index contributed by atoms with van der Waals surface area (Å²) in [4.78, 5) is 2.68. The zero-order valence-corrected chi connectivity index (χ0v) is 13.2. The van der Waals surface area contributed by atoms with Crippen molar-refractivity contribution in [3.05, 3.63) is 0 Å². The van der Waals surface area contributed by atoms with E-state index < -0.39 is 0 Å². The number of hydrogen-bond donors (Lipinski definition) is 0. The second kappa shape index (κ2) is 5.05. The van der Waals surface area contributed by atoms with Gasteiger partial charge in [-0.2, -0.15) is 0 Å². The molecule has 92 valence electrons. The Balaban J connectivity index is 5.39. The first-order valence-corrected chi connectivity index (χ1v) is 6.67. The maximum atomic E-state index is 2.68. The minimum atomic E-state index is 0.195. The average Bonchev–Trinajstić information content (AvgIpc) is 1.99. The second-order valence-electron chi connectivity index (χ2n) is 7.44. The predicted octanol–water partition coefficient (Wildman–Crippen LogP) is 4.03. The quantitative estimate of drug-likeness (QED) is 0.631. The van der Waals surface area contributed by atoms with Crippen LogP contribution in [0, 0.1) is 0 Å². The van der Waals surface area contributed by atoms with Crippen LogP contribution in [0.3, 0.4) is 0 Å². The van der Waals surface area contributed by atoms with Gasteiger partial charge in [0.25, 0.3) is 0 Å². The van der Waals surface area contributed by atoms with E-state index in [0.717, 1.165) is 0 Å². The summed E-state index contributed by atoms with van der Waals surface area (Å²) in [6.45, 7) is 21.1. The Kier molecular flexibility index (Phi) is 5.22. The van der Waals surface area contributed by atoms with Crippen molar-refractivity contribution in [3.63, 3.8) is 0 Å². The molecule has 0 atom stereocenters. The fourth-order valence-electron chi connectivity index (χ4n) is 2.63. The monoisotopic (exact) mass is 219 g/mol. The molecule has 0 amide bonds. The molecule has 0 bridgehead atoms. The predicted molar refractivity (Wildman–Crippen MR) is 75.2 cm³/mol. The molecule has 0 aromatic carbocycles. The minimum absolute atomic E-state index is 0.195. The van der Waals surface area contributed by atoms with Crippen LogP contribution in [0.4, 0.5) is 0 Å². The second-order valence-corrected chi connectivity index (χ2v) is 7.44. The summed E-state index contributed by atoms with van der Waals surface area (Å²) in [5.74, 6) is 0. The third kappa shape index (κ3) is 3.28. The van der Waals surface area contributed by atoms with E-state index >= 15 is 0 Å². The van der Waals surface area contributed by atoms with E-state index in [1.807, 2.05) is 0 Å². The number of hydrogen-bond acceptors (Lipinski definition) is 1. The molecule has 0 aliphatic carbocycles. The van der Waals surface area contributed by atoms with E-state index in [2.05, 4.69) is 84.9 Å². The summed E-state index contributed by atoms with van der Waals surface area (Å²) < 4.78 is 0.281. The van der Waals surface area contributed by atoms with Gasteiger partial charge in [-0.3, -0.25) is 0 Å². The van der Waals surface area contributed by atoms with Crippen molar-refractivity contribution in [2.45, 2.75) is 89.9 Å². The average molecular weight is 219 g/mol. The van der Waals surface area contributed by atoms with Gasteiger partial charge in [-0.1, -0.05) is 0 Å². The van der Waals surface area contributed by atoms with E-state index in [4.69, 9.17) is 0 Å². The fraction of sp³-hybridized carbons (Fsp3) is 1.00. The topological polar surface area (TPSA) is 3.24 Å². The first-order valence-electron chi connectivity index (χ1n) is 6.67. The molecule has 0 N–H and O–H groups in total. The Bertz CT molecular complexity index is 223. The van der Waals surface area contributed by atoms with Gasteiger partial charge < -0.3 is 0 Å². The van der Waals surface area contributed by atoms with Crippen molar-refractivity contribution in [2.75, 3.05) is 0 Å². The van der Waals surface area contributed by atoms with E-state index in [1.54, 1.807) is 0 Å². The summed E-state index contributed by atoms with van der Waals surface area (Å²) >= 11 is 2.34. The molecule has 0 aromatic rings. The van der Waals surface area contributed by atoms with Crippen molar-refractivity contribution in [2.24, 2.45) is 0 Å². The van der Waals surface area contributed by atoms with Crippen LogP contribution >= 0.6 is 0 Å². The summed E-state index contributed by atoms with van der Waals surface area (Å²) in [7, 11) is 0. The zero-order chi connectivity index (χ0) is 13.4. The standard InChI is InChI=1S/C14H30N.Li/c1-10-13(6,7)15(12(4)5)14(8,9)11(2)3;/h12H,10H2,1-9H3;. The van der Waals surface area contributed by atoms with Crippen LogP contribution in [0.5, 0.6) is 0 Å². The molecule has 0 fully saturated rings. The molecule has 0 saturated carbocycles. The van der Waals surface area contributed by atoms with Crippen LogP contribution in [0.1, 0.15) is 68.7 Å². The van der Waals surface area contributed by atoms with Crippen molar-refractivity contribution in [3.8, 4) is 0 Å². The molecule has 1 nitrogen and oxygen atoms in total. The van der Waals surface area contributed by atoms with Crippen molar-refractivity contribution < 1.29 is 0 Å². The van der Waals surface area contributed by atoms with E-state index in [1.165, 1.54) is 6.42 Å². The van der Waals surface area contributed by atoms with Crippen molar-refractivity contribution in [1.82, 2.24) is 4.90 Å². The van der Waals surface area contributed by atoms with Gasteiger partial charge in [0.05, 0.1) is 0 Å².